The van der Waals surface area contributed by atoms with E-state index in [1.54, 1.807) is 17.4 Å². The number of nitrogens with one attached hydrogen (secondary N) is 2. The number of allylic oxidation sites excluding steroid dienone is 2. The highest BCUT2D eigenvalue weighted by Crippen LogP contribution is 2.20. The summed E-state index contributed by atoms with van der Waals surface area (Å²) in [7, 11) is 0. The Morgan fingerprint density at radius 2 is 2.38 bits per heavy atom. The second-order valence-electron chi connectivity index (χ2n) is 5.78. The van der Waals surface area contributed by atoms with Gasteiger partial charge in [-0.15, -0.1) is 11.3 Å². The molecule has 0 aromatic carbocycles. The first-order chi connectivity index (χ1) is 11.7. The van der Waals surface area contributed by atoms with Gasteiger partial charge in [-0.2, -0.15) is 9.50 Å². The van der Waals surface area contributed by atoms with Gasteiger partial charge < -0.3 is 5.32 Å². The van der Waals surface area contributed by atoms with Gasteiger partial charge in [0, 0.05) is 18.7 Å². The van der Waals surface area contributed by atoms with E-state index in [-0.39, 0.29) is 11.6 Å². The first-order valence-corrected chi connectivity index (χ1v) is 8.68. The van der Waals surface area contributed by atoms with E-state index in [0.29, 0.717) is 23.8 Å². The van der Waals surface area contributed by atoms with Crippen LogP contribution in [0.3, 0.4) is 0 Å². The standard InChI is InChI=1S/C17H17N5OS/c1-11-5-2-3-6-13(11)18-10-12-9-15(23)22-17(19-12)20-16(21-22)14-7-4-8-24-14/h2-5,7-9,13,18H,6,10H2,1H3,(H,19,20,21). The molecule has 2 N–H and O–H groups in total. The number of aromatic nitrogens is 4. The van der Waals surface area contributed by atoms with Crippen LogP contribution in [0.4, 0.5) is 0 Å². The smallest absolute Gasteiger partial charge is 0.274 e. The van der Waals surface area contributed by atoms with E-state index in [2.05, 4.69) is 45.5 Å². The molecule has 0 saturated heterocycles. The van der Waals surface area contributed by atoms with Crippen LogP contribution >= 0.6 is 11.3 Å². The zero-order valence-corrected chi connectivity index (χ0v) is 14.0. The van der Waals surface area contributed by atoms with Crippen LogP contribution in [0.5, 0.6) is 0 Å². The fourth-order valence-corrected chi connectivity index (χ4v) is 3.41. The summed E-state index contributed by atoms with van der Waals surface area (Å²) in [6.07, 6.45) is 7.26. The second kappa shape index (κ2) is 6.18. The van der Waals surface area contributed by atoms with E-state index in [1.807, 2.05) is 17.5 Å². The molecular formula is C17H17N5OS. The van der Waals surface area contributed by atoms with Gasteiger partial charge in [-0.3, -0.25) is 9.89 Å². The fraction of sp³-hybridized carbons (Fsp3) is 0.235. The summed E-state index contributed by atoms with van der Waals surface area (Å²) >= 11 is 1.57. The first kappa shape index (κ1) is 15.0. The Kier molecular flexibility index (Phi) is 3.87. The lowest BCUT2D eigenvalue weighted by Gasteiger charge is -2.19. The van der Waals surface area contributed by atoms with Crippen LogP contribution in [0, 0.1) is 0 Å². The van der Waals surface area contributed by atoms with Gasteiger partial charge in [-0.05, 0) is 24.8 Å². The van der Waals surface area contributed by atoms with Crippen molar-refractivity contribution in [2.24, 2.45) is 0 Å². The molecule has 0 amide bonds. The van der Waals surface area contributed by atoms with Crippen molar-refractivity contribution in [3.8, 4) is 10.7 Å². The third kappa shape index (κ3) is 2.83. The summed E-state index contributed by atoms with van der Waals surface area (Å²) in [4.78, 5) is 22.2. The predicted octanol–water partition coefficient (Wildman–Crippen LogP) is 2.51. The van der Waals surface area contributed by atoms with Gasteiger partial charge in [0.15, 0.2) is 5.82 Å². The zero-order valence-electron chi connectivity index (χ0n) is 13.2. The maximum atomic E-state index is 12.3. The van der Waals surface area contributed by atoms with Crippen molar-refractivity contribution < 1.29 is 0 Å². The Morgan fingerprint density at radius 1 is 1.46 bits per heavy atom. The molecule has 4 rings (SSSR count). The molecule has 1 unspecified atom stereocenters. The molecule has 24 heavy (non-hydrogen) atoms. The molecule has 122 valence electrons. The molecule has 1 atom stereocenters. The summed E-state index contributed by atoms with van der Waals surface area (Å²) in [5, 5.41) is 8.43. The topological polar surface area (TPSA) is 75.1 Å². The van der Waals surface area contributed by atoms with Gasteiger partial charge in [-0.1, -0.05) is 29.9 Å². The Labute approximate surface area is 142 Å². The van der Waals surface area contributed by atoms with Crippen molar-refractivity contribution in [1.82, 2.24) is 24.9 Å². The SMILES string of the molecule is CC1=CC=CCC1NCc1cc(=O)n2[nH]c(-c3cccs3)nc2n1. The molecule has 0 aliphatic heterocycles. The Hall–Kier alpha value is -2.51. The Bertz CT molecular complexity index is 980. The van der Waals surface area contributed by atoms with Gasteiger partial charge in [0.1, 0.15) is 0 Å². The first-order valence-electron chi connectivity index (χ1n) is 7.80. The zero-order chi connectivity index (χ0) is 16.5. The van der Waals surface area contributed by atoms with Gasteiger partial charge in [0.2, 0.25) is 0 Å². The van der Waals surface area contributed by atoms with Crippen molar-refractivity contribution in [1.29, 1.82) is 0 Å². The number of fused-ring (bicyclic) bond motifs is 1. The highest BCUT2D eigenvalue weighted by molar-refractivity contribution is 7.13. The number of rotatable bonds is 4. The minimum Gasteiger partial charge on any atom is -0.304 e. The van der Waals surface area contributed by atoms with Gasteiger partial charge in [-0.25, -0.2) is 4.98 Å². The third-order valence-electron chi connectivity index (χ3n) is 4.08. The van der Waals surface area contributed by atoms with Crippen LogP contribution < -0.4 is 10.9 Å². The lowest BCUT2D eigenvalue weighted by atomic mass is 10.0. The maximum absolute atomic E-state index is 12.3. The average Bonchev–Trinajstić information content (AvgIpc) is 3.23. The summed E-state index contributed by atoms with van der Waals surface area (Å²) in [6, 6.07) is 5.75. The molecule has 0 fully saturated rings. The van der Waals surface area contributed by atoms with Crippen molar-refractivity contribution >= 4 is 17.1 Å². The van der Waals surface area contributed by atoms with E-state index in [1.165, 1.54) is 10.1 Å². The van der Waals surface area contributed by atoms with Crippen LogP contribution in [-0.2, 0) is 6.54 Å². The highest BCUT2D eigenvalue weighted by atomic mass is 32.1. The lowest BCUT2D eigenvalue weighted by molar-refractivity contribution is 0.562. The number of H-pyrrole nitrogens is 1. The van der Waals surface area contributed by atoms with Gasteiger partial charge in [0.25, 0.3) is 11.3 Å². The van der Waals surface area contributed by atoms with E-state index >= 15 is 0 Å². The highest BCUT2D eigenvalue weighted by Gasteiger charge is 2.13. The number of thiophene rings is 1. The fourth-order valence-electron chi connectivity index (χ4n) is 2.75. The van der Waals surface area contributed by atoms with Crippen molar-refractivity contribution in [3.63, 3.8) is 0 Å². The van der Waals surface area contributed by atoms with Crippen LogP contribution in [0.25, 0.3) is 16.5 Å². The molecule has 3 heterocycles. The number of aromatic amines is 1. The van der Waals surface area contributed by atoms with Crippen LogP contribution in [0.15, 0.2) is 52.2 Å². The number of nitrogens with zero attached hydrogens (tertiary/aromatic N) is 3. The number of hydrogen-bond donors (Lipinski definition) is 2. The summed E-state index contributed by atoms with van der Waals surface area (Å²) < 4.78 is 1.38. The monoisotopic (exact) mass is 339 g/mol. The number of hydrogen-bond acceptors (Lipinski definition) is 5. The molecule has 3 aromatic heterocycles. The molecule has 7 heteroatoms. The molecule has 0 saturated carbocycles. The molecule has 3 aromatic rings. The van der Waals surface area contributed by atoms with E-state index in [9.17, 15) is 4.79 Å². The lowest BCUT2D eigenvalue weighted by Crippen LogP contribution is -2.31. The normalized spacial score (nSPS) is 17.4. The molecule has 0 bridgehead atoms. The molecule has 1 aliphatic rings. The molecular weight excluding hydrogens is 322 g/mol. The summed E-state index contributed by atoms with van der Waals surface area (Å²) in [5.74, 6) is 1.06. The average molecular weight is 339 g/mol. The Morgan fingerprint density at radius 3 is 3.17 bits per heavy atom. The summed E-state index contributed by atoms with van der Waals surface area (Å²) in [5.41, 5.74) is 1.84. The van der Waals surface area contributed by atoms with Crippen LogP contribution in [0.1, 0.15) is 19.0 Å². The predicted molar refractivity (Wildman–Crippen MR) is 95.1 cm³/mol. The van der Waals surface area contributed by atoms with Crippen LogP contribution in [-0.4, -0.2) is 25.6 Å². The Balaban J connectivity index is 1.59. The second-order valence-corrected chi connectivity index (χ2v) is 6.73. The van der Waals surface area contributed by atoms with Crippen molar-refractivity contribution in [2.45, 2.75) is 25.9 Å². The van der Waals surface area contributed by atoms with Gasteiger partial charge >= 0.3 is 0 Å². The molecule has 0 spiro atoms. The largest absolute Gasteiger partial charge is 0.304 e. The van der Waals surface area contributed by atoms with E-state index in [4.69, 9.17) is 0 Å². The van der Waals surface area contributed by atoms with Gasteiger partial charge in [0.05, 0.1) is 10.6 Å². The van der Waals surface area contributed by atoms with Crippen LogP contribution in [0.2, 0.25) is 0 Å². The molecule has 0 radical (unpaired) electrons. The van der Waals surface area contributed by atoms with Crippen molar-refractivity contribution in [2.75, 3.05) is 0 Å². The summed E-state index contributed by atoms with van der Waals surface area (Å²) in [6.45, 7) is 2.64. The van der Waals surface area contributed by atoms with E-state index in [0.717, 1.165) is 11.3 Å². The van der Waals surface area contributed by atoms with Crippen molar-refractivity contribution in [3.05, 3.63) is 63.4 Å². The molecule has 1 aliphatic carbocycles. The minimum absolute atomic E-state index is 0.150. The molecule has 6 nitrogen and oxygen atoms in total. The quantitative estimate of drug-likeness (QED) is 0.766. The minimum atomic E-state index is -0.150. The third-order valence-corrected chi connectivity index (χ3v) is 4.96. The van der Waals surface area contributed by atoms with E-state index < -0.39 is 0 Å². The maximum Gasteiger partial charge on any atom is 0.274 e.